The molecule has 2 amide bonds. The number of anilines is 1. The highest BCUT2D eigenvalue weighted by atomic mass is 19.4. The van der Waals surface area contributed by atoms with Crippen molar-refractivity contribution < 1.29 is 37.3 Å². The van der Waals surface area contributed by atoms with Crippen LogP contribution in [-0.2, 0) is 6.18 Å². The topological polar surface area (TPSA) is 89.1 Å². The molecule has 2 aromatic rings. The van der Waals surface area contributed by atoms with Crippen molar-refractivity contribution in [2.45, 2.75) is 12.3 Å². The van der Waals surface area contributed by atoms with Gasteiger partial charge in [0.05, 0.1) is 25.5 Å². The van der Waals surface area contributed by atoms with Crippen LogP contribution in [0.25, 0.3) is 0 Å². The van der Waals surface area contributed by atoms with Crippen molar-refractivity contribution in [2.24, 2.45) is 0 Å². The number of nitrogens with one attached hydrogen (secondary N) is 2. The molecule has 158 valence electrons. The van der Waals surface area contributed by atoms with Crippen molar-refractivity contribution in [1.29, 1.82) is 0 Å². The van der Waals surface area contributed by atoms with E-state index in [1.54, 1.807) is 18.2 Å². The fourth-order valence-corrected chi connectivity index (χ4v) is 2.30. The number of hydrogen-bond acceptors (Lipinski definition) is 5. The van der Waals surface area contributed by atoms with Gasteiger partial charge in [0.2, 0.25) is 0 Å². The third kappa shape index (κ3) is 6.75. The van der Waals surface area contributed by atoms with E-state index in [1.807, 2.05) is 0 Å². The van der Waals surface area contributed by atoms with Crippen molar-refractivity contribution in [3.05, 3.63) is 48.0 Å². The van der Waals surface area contributed by atoms with E-state index >= 15 is 0 Å². The number of halogens is 3. The first-order valence-corrected chi connectivity index (χ1v) is 8.48. The molecule has 0 aromatic heterocycles. The van der Waals surface area contributed by atoms with Crippen molar-refractivity contribution in [3.63, 3.8) is 0 Å². The number of aliphatic hydroxyl groups excluding tert-OH is 1. The molecule has 2 aromatic carbocycles. The molecule has 1 atom stereocenters. The Hall–Kier alpha value is -3.14. The van der Waals surface area contributed by atoms with Crippen LogP contribution in [0, 0.1) is 0 Å². The summed E-state index contributed by atoms with van der Waals surface area (Å²) in [5, 5.41) is 14.9. The van der Waals surface area contributed by atoms with Crippen LogP contribution in [0.2, 0.25) is 0 Å². The van der Waals surface area contributed by atoms with Crippen molar-refractivity contribution >= 4 is 11.7 Å². The number of ether oxygens (including phenoxy) is 3. The number of urea groups is 1. The molecule has 0 spiro atoms. The van der Waals surface area contributed by atoms with E-state index < -0.39 is 23.9 Å². The Balaban J connectivity index is 1.84. The van der Waals surface area contributed by atoms with Crippen molar-refractivity contribution in [2.75, 3.05) is 32.7 Å². The quantitative estimate of drug-likeness (QED) is 0.617. The average Bonchev–Trinajstić information content (AvgIpc) is 2.70. The van der Waals surface area contributed by atoms with Gasteiger partial charge in [-0.1, -0.05) is 6.07 Å². The van der Waals surface area contributed by atoms with Gasteiger partial charge in [-0.3, -0.25) is 0 Å². The maximum absolute atomic E-state index is 12.7. The zero-order valence-corrected chi connectivity index (χ0v) is 15.7. The van der Waals surface area contributed by atoms with Gasteiger partial charge >= 0.3 is 12.2 Å². The second-order valence-corrected chi connectivity index (χ2v) is 5.89. The highest BCUT2D eigenvalue weighted by Gasteiger charge is 2.30. The van der Waals surface area contributed by atoms with Crippen LogP contribution in [0.4, 0.5) is 23.7 Å². The normalized spacial score (nSPS) is 12.1. The molecular formula is C19H21F3N2O5. The Morgan fingerprint density at radius 2 is 1.86 bits per heavy atom. The Morgan fingerprint density at radius 1 is 1.10 bits per heavy atom. The molecule has 7 nitrogen and oxygen atoms in total. The smallest absolute Gasteiger partial charge is 0.416 e. The van der Waals surface area contributed by atoms with E-state index in [2.05, 4.69) is 10.6 Å². The summed E-state index contributed by atoms with van der Waals surface area (Å²) in [4.78, 5) is 12.0. The first-order chi connectivity index (χ1) is 13.7. The molecule has 0 radical (unpaired) electrons. The molecule has 0 saturated heterocycles. The van der Waals surface area contributed by atoms with Gasteiger partial charge in [-0.2, -0.15) is 13.2 Å². The highest BCUT2D eigenvalue weighted by molar-refractivity contribution is 5.91. The molecule has 0 fully saturated rings. The predicted octanol–water partition coefficient (Wildman–Crippen LogP) is 3.28. The molecule has 0 bridgehead atoms. The Bertz CT molecular complexity index is 830. The maximum Gasteiger partial charge on any atom is 0.416 e. The number of rotatable bonds is 8. The van der Waals surface area contributed by atoms with E-state index in [0.717, 1.165) is 12.1 Å². The minimum absolute atomic E-state index is 0.0376. The van der Waals surface area contributed by atoms with E-state index in [-0.39, 0.29) is 18.9 Å². The largest absolute Gasteiger partial charge is 0.497 e. The molecule has 0 heterocycles. The van der Waals surface area contributed by atoms with E-state index in [9.17, 15) is 23.1 Å². The van der Waals surface area contributed by atoms with Crippen LogP contribution >= 0.6 is 0 Å². The first-order valence-electron chi connectivity index (χ1n) is 8.48. The van der Waals surface area contributed by atoms with Gasteiger partial charge in [0.25, 0.3) is 0 Å². The van der Waals surface area contributed by atoms with Crippen LogP contribution in [-0.4, -0.2) is 44.6 Å². The summed E-state index contributed by atoms with van der Waals surface area (Å²) in [6.07, 6.45) is -5.62. The minimum Gasteiger partial charge on any atom is -0.497 e. The number of methoxy groups -OCH3 is 2. The molecule has 3 N–H and O–H groups in total. The van der Waals surface area contributed by atoms with Crippen molar-refractivity contribution in [1.82, 2.24) is 5.32 Å². The van der Waals surface area contributed by atoms with Gasteiger partial charge in [0.15, 0.2) is 0 Å². The molecule has 29 heavy (non-hydrogen) atoms. The Kier molecular flexibility index (Phi) is 7.54. The predicted molar refractivity (Wildman–Crippen MR) is 99.5 cm³/mol. The summed E-state index contributed by atoms with van der Waals surface area (Å²) in [5.74, 6) is 0.884. The van der Waals surface area contributed by atoms with E-state index in [4.69, 9.17) is 14.2 Å². The minimum atomic E-state index is -4.49. The standard InChI is InChI=1S/C19H21F3N2O5/c1-27-14-6-7-17(28-2)16(9-14)24-18(26)23-10-13(25)11-29-15-5-3-4-12(8-15)19(20,21)22/h3-9,13,25H,10-11H2,1-2H3,(H2,23,24,26). The van der Waals surface area contributed by atoms with Gasteiger partial charge in [0.1, 0.15) is 30.0 Å². The lowest BCUT2D eigenvalue weighted by Gasteiger charge is -2.16. The molecule has 10 heteroatoms. The fourth-order valence-electron chi connectivity index (χ4n) is 2.30. The van der Waals surface area contributed by atoms with Gasteiger partial charge in [-0.25, -0.2) is 4.79 Å². The van der Waals surface area contributed by atoms with Gasteiger partial charge in [-0.15, -0.1) is 0 Å². The lowest BCUT2D eigenvalue weighted by atomic mass is 10.2. The zero-order chi connectivity index (χ0) is 21.4. The number of amides is 2. The number of carbonyl (C=O) groups is 1. The fraction of sp³-hybridized carbons (Fsp3) is 0.316. The van der Waals surface area contributed by atoms with E-state index in [0.29, 0.717) is 17.2 Å². The number of alkyl halides is 3. The highest BCUT2D eigenvalue weighted by Crippen LogP contribution is 2.31. The second-order valence-electron chi connectivity index (χ2n) is 5.89. The molecule has 0 saturated carbocycles. The molecule has 0 aliphatic heterocycles. The zero-order valence-electron chi connectivity index (χ0n) is 15.7. The lowest BCUT2D eigenvalue weighted by Crippen LogP contribution is -2.37. The summed E-state index contributed by atoms with van der Waals surface area (Å²) in [7, 11) is 2.92. The third-order valence-corrected chi connectivity index (χ3v) is 3.76. The molecular weight excluding hydrogens is 393 g/mol. The molecule has 0 aliphatic carbocycles. The third-order valence-electron chi connectivity index (χ3n) is 3.76. The van der Waals surface area contributed by atoms with Crippen LogP contribution in [0.1, 0.15) is 5.56 Å². The Labute approximate surface area is 165 Å². The molecule has 2 rings (SSSR count). The SMILES string of the molecule is COc1ccc(OC)c(NC(=O)NCC(O)COc2cccc(C(F)(F)F)c2)c1. The number of carbonyl (C=O) groups excluding carboxylic acids is 1. The summed E-state index contributed by atoms with van der Waals surface area (Å²) in [6, 6.07) is 8.53. The summed E-state index contributed by atoms with van der Waals surface area (Å²) < 4.78 is 53.4. The molecule has 1 unspecified atom stereocenters. The second kappa shape index (κ2) is 9.87. The first kappa shape index (κ1) is 22.2. The van der Waals surface area contributed by atoms with Crippen LogP contribution in [0.15, 0.2) is 42.5 Å². The number of hydrogen-bond donors (Lipinski definition) is 3. The summed E-state index contributed by atoms with van der Waals surface area (Å²) >= 11 is 0. The van der Waals surface area contributed by atoms with Crippen LogP contribution < -0.4 is 24.8 Å². The van der Waals surface area contributed by atoms with Crippen molar-refractivity contribution in [3.8, 4) is 17.2 Å². The van der Waals surface area contributed by atoms with Crippen LogP contribution in [0.5, 0.6) is 17.2 Å². The van der Waals surface area contributed by atoms with Gasteiger partial charge in [-0.05, 0) is 30.3 Å². The number of benzene rings is 2. The van der Waals surface area contributed by atoms with Crippen LogP contribution in [0.3, 0.4) is 0 Å². The summed E-state index contributed by atoms with van der Waals surface area (Å²) in [6.45, 7) is -0.485. The maximum atomic E-state index is 12.7. The number of aliphatic hydroxyl groups is 1. The lowest BCUT2D eigenvalue weighted by molar-refractivity contribution is -0.137. The van der Waals surface area contributed by atoms with Gasteiger partial charge < -0.3 is 30.0 Å². The monoisotopic (exact) mass is 414 g/mol. The van der Waals surface area contributed by atoms with Gasteiger partial charge in [0, 0.05) is 12.6 Å². The average molecular weight is 414 g/mol. The Morgan fingerprint density at radius 3 is 2.52 bits per heavy atom. The van der Waals surface area contributed by atoms with E-state index in [1.165, 1.54) is 26.4 Å². The molecule has 0 aliphatic rings. The summed E-state index contributed by atoms with van der Waals surface area (Å²) in [5.41, 5.74) is -0.492.